The first-order chi connectivity index (χ1) is 9.13. The molecule has 0 saturated heterocycles. The monoisotopic (exact) mass is 259 g/mol. The second kappa shape index (κ2) is 4.49. The maximum absolute atomic E-state index is 5.75. The van der Waals surface area contributed by atoms with Gasteiger partial charge in [0.15, 0.2) is 0 Å². The molecular formula is C12H17N7. The fraction of sp³-hybridized carbons (Fsp3) is 0.500. The Hall–Kier alpha value is -2.18. The van der Waals surface area contributed by atoms with Crippen LogP contribution in [0.25, 0.3) is 5.95 Å². The smallest absolute Gasteiger partial charge is 0.241 e. The molecule has 0 spiro atoms. The van der Waals surface area contributed by atoms with Crippen LogP contribution in [0.2, 0.25) is 0 Å². The Morgan fingerprint density at radius 1 is 1.42 bits per heavy atom. The highest BCUT2D eigenvalue weighted by atomic mass is 15.3. The molecule has 0 amide bonds. The fourth-order valence-electron chi connectivity index (χ4n) is 2.12. The minimum atomic E-state index is 0.226. The predicted molar refractivity (Wildman–Crippen MR) is 71.9 cm³/mol. The Bertz CT molecular complexity index is 565. The van der Waals surface area contributed by atoms with Gasteiger partial charge in [0.25, 0.3) is 0 Å². The quantitative estimate of drug-likeness (QED) is 0.871. The number of hydrogen-bond donors (Lipinski definition) is 1. The van der Waals surface area contributed by atoms with Crippen molar-refractivity contribution in [1.82, 2.24) is 24.5 Å². The molecule has 2 atom stereocenters. The molecule has 2 unspecified atom stereocenters. The van der Waals surface area contributed by atoms with E-state index in [-0.39, 0.29) is 5.95 Å². The van der Waals surface area contributed by atoms with Crippen molar-refractivity contribution in [3.63, 3.8) is 0 Å². The van der Waals surface area contributed by atoms with E-state index in [0.717, 1.165) is 18.4 Å². The number of nitrogens with two attached hydrogens (primary N) is 1. The second-order valence-corrected chi connectivity index (χ2v) is 5.12. The minimum Gasteiger partial charge on any atom is -0.368 e. The molecule has 7 nitrogen and oxygen atoms in total. The average molecular weight is 259 g/mol. The van der Waals surface area contributed by atoms with Gasteiger partial charge >= 0.3 is 0 Å². The molecule has 1 aliphatic rings. The van der Waals surface area contributed by atoms with Gasteiger partial charge in [0, 0.05) is 26.0 Å². The molecule has 2 heterocycles. The summed E-state index contributed by atoms with van der Waals surface area (Å²) in [5, 5.41) is 0. The molecule has 1 fully saturated rings. The first-order valence-electron chi connectivity index (χ1n) is 6.34. The van der Waals surface area contributed by atoms with Crippen molar-refractivity contribution >= 4 is 11.9 Å². The molecule has 7 heteroatoms. The van der Waals surface area contributed by atoms with E-state index in [0.29, 0.717) is 11.9 Å². The molecule has 2 aromatic heterocycles. The van der Waals surface area contributed by atoms with Gasteiger partial charge < -0.3 is 10.6 Å². The Kier molecular flexibility index (Phi) is 2.81. The molecule has 2 N–H and O–H groups in total. The molecule has 1 saturated carbocycles. The van der Waals surface area contributed by atoms with Crippen LogP contribution in [0.5, 0.6) is 0 Å². The summed E-state index contributed by atoms with van der Waals surface area (Å²) in [4.78, 5) is 18.8. The van der Waals surface area contributed by atoms with Crippen LogP contribution in [0, 0.1) is 11.8 Å². The number of anilines is 2. The number of hydrogen-bond acceptors (Lipinski definition) is 6. The van der Waals surface area contributed by atoms with Gasteiger partial charge in [-0.3, -0.25) is 4.57 Å². The number of aromatic nitrogens is 5. The first kappa shape index (κ1) is 11.9. The molecule has 2 aromatic rings. The summed E-state index contributed by atoms with van der Waals surface area (Å²) in [6, 6.07) is 0. The summed E-state index contributed by atoms with van der Waals surface area (Å²) in [6.45, 7) is 3.21. The lowest BCUT2D eigenvalue weighted by Gasteiger charge is -2.17. The standard InChI is InChI=1S/C12H17N7/c1-8-5-9(8)6-18(2)11-15-10(13)16-12(17-11)19-4-3-14-7-19/h3-4,7-9H,5-6H2,1-2H3,(H2,13,15,16,17). The van der Waals surface area contributed by atoms with E-state index in [9.17, 15) is 0 Å². The highest BCUT2D eigenvalue weighted by Gasteiger charge is 2.33. The van der Waals surface area contributed by atoms with Gasteiger partial charge in [-0.1, -0.05) is 6.92 Å². The lowest BCUT2D eigenvalue weighted by atomic mass is 10.3. The van der Waals surface area contributed by atoms with Crippen LogP contribution >= 0.6 is 0 Å². The lowest BCUT2D eigenvalue weighted by molar-refractivity contribution is 0.707. The van der Waals surface area contributed by atoms with Crippen molar-refractivity contribution in [2.45, 2.75) is 13.3 Å². The van der Waals surface area contributed by atoms with Gasteiger partial charge in [-0.2, -0.15) is 15.0 Å². The maximum atomic E-state index is 5.75. The highest BCUT2D eigenvalue weighted by Crippen LogP contribution is 2.38. The van der Waals surface area contributed by atoms with Crippen LogP contribution in [-0.4, -0.2) is 38.1 Å². The van der Waals surface area contributed by atoms with Gasteiger partial charge in [0.05, 0.1) is 0 Å². The third-order valence-corrected chi connectivity index (χ3v) is 3.49. The van der Waals surface area contributed by atoms with Crippen molar-refractivity contribution < 1.29 is 0 Å². The average Bonchev–Trinajstić information content (AvgIpc) is 2.88. The lowest BCUT2D eigenvalue weighted by Crippen LogP contribution is -2.24. The normalized spacial score (nSPS) is 21.4. The van der Waals surface area contributed by atoms with Gasteiger partial charge in [-0.15, -0.1) is 0 Å². The summed E-state index contributed by atoms with van der Waals surface area (Å²) in [7, 11) is 1.98. The highest BCUT2D eigenvalue weighted by molar-refractivity contribution is 5.37. The van der Waals surface area contributed by atoms with Gasteiger partial charge in [0.2, 0.25) is 17.8 Å². The molecule has 0 bridgehead atoms. The fourth-order valence-corrected chi connectivity index (χ4v) is 2.12. The zero-order valence-corrected chi connectivity index (χ0v) is 11.1. The summed E-state index contributed by atoms with van der Waals surface area (Å²) < 4.78 is 1.72. The number of imidazole rings is 1. The maximum Gasteiger partial charge on any atom is 0.241 e. The molecular weight excluding hydrogens is 242 g/mol. The SMILES string of the molecule is CC1CC1CN(C)c1nc(N)nc(-n2ccnc2)n1. The van der Waals surface area contributed by atoms with E-state index >= 15 is 0 Å². The van der Waals surface area contributed by atoms with Crippen LogP contribution < -0.4 is 10.6 Å². The number of nitrogen functional groups attached to an aromatic ring is 1. The molecule has 0 aromatic carbocycles. The third-order valence-electron chi connectivity index (χ3n) is 3.49. The van der Waals surface area contributed by atoms with Crippen molar-refractivity contribution in [2.75, 3.05) is 24.2 Å². The summed E-state index contributed by atoms with van der Waals surface area (Å²) in [6.07, 6.45) is 6.37. The number of nitrogens with zero attached hydrogens (tertiary/aromatic N) is 6. The Morgan fingerprint density at radius 2 is 2.21 bits per heavy atom. The minimum absolute atomic E-state index is 0.226. The van der Waals surface area contributed by atoms with Crippen LogP contribution in [0.4, 0.5) is 11.9 Å². The largest absolute Gasteiger partial charge is 0.368 e. The van der Waals surface area contributed by atoms with E-state index in [2.05, 4.69) is 26.9 Å². The van der Waals surface area contributed by atoms with Crippen LogP contribution in [0.1, 0.15) is 13.3 Å². The van der Waals surface area contributed by atoms with Gasteiger partial charge in [0.1, 0.15) is 6.33 Å². The third kappa shape index (κ3) is 2.49. The Labute approximate surface area is 111 Å². The van der Waals surface area contributed by atoms with Crippen LogP contribution in [-0.2, 0) is 0 Å². The molecule has 0 radical (unpaired) electrons. The van der Waals surface area contributed by atoms with E-state index in [1.54, 1.807) is 23.3 Å². The van der Waals surface area contributed by atoms with Crippen molar-refractivity contribution in [1.29, 1.82) is 0 Å². The zero-order valence-electron chi connectivity index (χ0n) is 11.1. The van der Waals surface area contributed by atoms with Crippen molar-refractivity contribution in [2.24, 2.45) is 11.8 Å². The van der Waals surface area contributed by atoms with E-state index < -0.39 is 0 Å². The first-order valence-corrected chi connectivity index (χ1v) is 6.34. The van der Waals surface area contributed by atoms with Gasteiger partial charge in [-0.25, -0.2) is 4.98 Å². The number of rotatable bonds is 4. The van der Waals surface area contributed by atoms with E-state index in [1.807, 2.05) is 11.9 Å². The Balaban J connectivity index is 1.85. The zero-order chi connectivity index (χ0) is 13.4. The second-order valence-electron chi connectivity index (χ2n) is 5.12. The summed E-state index contributed by atoms with van der Waals surface area (Å²) >= 11 is 0. The molecule has 3 rings (SSSR count). The van der Waals surface area contributed by atoms with E-state index in [1.165, 1.54) is 6.42 Å². The van der Waals surface area contributed by atoms with Crippen LogP contribution in [0.15, 0.2) is 18.7 Å². The van der Waals surface area contributed by atoms with E-state index in [4.69, 9.17) is 5.73 Å². The van der Waals surface area contributed by atoms with Gasteiger partial charge in [-0.05, 0) is 18.3 Å². The molecule has 100 valence electrons. The van der Waals surface area contributed by atoms with Crippen molar-refractivity contribution in [3.8, 4) is 5.95 Å². The van der Waals surface area contributed by atoms with Crippen LogP contribution in [0.3, 0.4) is 0 Å². The topological polar surface area (TPSA) is 85.8 Å². The molecule has 19 heavy (non-hydrogen) atoms. The Morgan fingerprint density at radius 3 is 2.84 bits per heavy atom. The molecule has 1 aliphatic carbocycles. The summed E-state index contributed by atoms with van der Waals surface area (Å²) in [5.74, 6) is 2.87. The summed E-state index contributed by atoms with van der Waals surface area (Å²) in [5.41, 5.74) is 5.75. The predicted octanol–water partition coefficient (Wildman–Crippen LogP) is 0.732. The van der Waals surface area contributed by atoms with Crippen molar-refractivity contribution in [3.05, 3.63) is 18.7 Å². The molecule has 0 aliphatic heterocycles.